The summed E-state index contributed by atoms with van der Waals surface area (Å²) in [6.07, 6.45) is 1.48. The summed E-state index contributed by atoms with van der Waals surface area (Å²) in [5.74, 6) is -0.577. The third kappa shape index (κ3) is 2.48. The standard InChI is InChI=1S/C14H13NO3/c1-2-18-14(17)11-8-12(15-9-11)13(16)10-6-4-3-5-7-10/h3-9,15H,2H2,1H3. The van der Waals surface area contributed by atoms with Gasteiger partial charge in [-0.2, -0.15) is 0 Å². The van der Waals surface area contributed by atoms with Crippen LogP contribution in [0.3, 0.4) is 0 Å². The van der Waals surface area contributed by atoms with Crippen LogP contribution in [0.15, 0.2) is 42.6 Å². The van der Waals surface area contributed by atoms with Crippen LogP contribution in [-0.2, 0) is 4.74 Å². The van der Waals surface area contributed by atoms with Gasteiger partial charge in [-0.1, -0.05) is 30.3 Å². The maximum absolute atomic E-state index is 12.1. The second-order valence-corrected chi connectivity index (χ2v) is 3.72. The Kier molecular flexibility index (Phi) is 3.57. The fraction of sp³-hybridized carbons (Fsp3) is 0.143. The number of H-pyrrole nitrogens is 1. The van der Waals surface area contributed by atoms with E-state index in [1.807, 2.05) is 6.07 Å². The van der Waals surface area contributed by atoms with Gasteiger partial charge in [-0.3, -0.25) is 4.79 Å². The van der Waals surface area contributed by atoms with Crippen LogP contribution < -0.4 is 0 Å². The van der Waals surface area contributed by atoms with Crippen LogP contribution in [0.25, 0.3) is 0 Å². The summed E-state index contributed by atoms with van der Waals surface area (Å²) in [5.41, 5.74) is 1.31. The average Bonchev–Trinajstić information content (AvgIpc) is 2.89. The molecule has 4 heteroatoms. The molecule has 1 aromatic heterocycles. The van der Waals surface area contributed by atoms with Crippen molar-refractivity contribution in [1.29, 1.82) is 0 Å². The highest BCUT2D eigenvalue weighted by atomic mass is 16.5. The maximum atomic E-state index is 12.1. The number of aromatic nitrogens is 1. The average molecular weight is 243 g/mol. The molecular weight excluding hydrogens is 230 g/mol. The molecule has 0 saturated carbocycles. The lowest BCUT2D eigenvalue weighted by Gasteiger charge is -1.97. The highest BCUT2D eigenvalue weighted by Crippen LogP contribution is 2.11. The van der Waals surface area contributed by atoms with Crippen molar-refractivity contribution in [2.75, 3.05) is 6.61 Å². The normalized spacial score (nSPS) is 10.1. The SMILES string of the molecule is CCOC(=O)c1c[nH]c(C(=O)c2ccccc2)c1. The van der Waals surface area contributed by atoms with Gasteiger partial charge in [-0.05, 0) is 13.0 Å². The van der Waals surface area contributed by atoms with Crippen molar-refractivity contribution in [2.45, 2.75) is 6.92 Å². The zero-order valence-electron chi connectivity index (χ0n) is 9.97. The van der Waals surface area contributed by atoms with Crippen LogP contribution in [0.5, 0.6) is 0 Å². The van der Waals surface area contributed by atoms with Gasteiger partial charge in [-0.15, -0.1) is 0 Å². The summed E-state index contributed by atoms with van der Waals surface area (Å²) in [6, 6.07) is 10.4. The van der Waals surface area contributed by atoms with Crippen molar-refractivity contribution >= 4 is 11.8 Å². The van der Waals surface area contributed by atoms with Crippen LogP contribution >= 0.6 is 0 Å². The zero-order chi connectivity index (χ0) is 13.0. The summed E-state index contributed by atoms with van der Waals surface area (Å²) in [4.78, 5) is 26.3. The van der Waals surface area contributed by atoms with Crippen LogP contribution in [0.4, 0.5) is 0 Å². The van der Waals surface area contributed by atoms with E-state index in [9.17, 15) is 9.59 Å². The van der Waals surface area contributed by atoms with Crippen molar-refractivity contribution in [3.63, 3.8) is 0 Å². The molecule has 18 heavy (non-hydrogen) atoms. The van der Waals surface area contributed by atoms with Crippen molar-refractivity contribution in [2.24, 2.45) is 0 Å². The van der Waals surface area contributed by atoms with E-state index in [0.29, 0.717) is 23.4 Å². The lowest BCUT2D eigenvalue weighted by molar-refractivity contribution is 0.0526. The molecule has 0 aliphatic heterocycles. The number of benzene rings is 1. The summed E-state index contributed by atoms with van der Waals surface area (Å²) < 4.78 is 4.86. The number of carbonyl (C=O) groups excluding carboxylic acids is 2. The maximum Gasteiger partial charge on any atom is 0.339 e. The van der Waals surface area contributed by atoms with Gasteiger partial charge in [0.25, 0.3) is 0 Å². The molecule has 1 N–H and O–H groups in total. The second kappa shape index (κ2) is 5.31. The number of ether oxygens (including phenoxy) is 1. The summed E-state index contributed by atoms with van der Waals surface area (Å²) >= 11 is 0. The van der Waals surface area contributed by atoms with Crippen LogP contribution in [0.1, 0.15) is 33.3 Å². The van der Waals surface area contributed by atoms with Gasteiger partial charge in [0.2, 0.25) is 5.78 Å². The van der Waals surface area contributed by atoms with Crippen molar-refractivity contribution in [3.8, 4) is 0 Å². The van der Waals surface area contributed by atoms with Crippen LogP contribution in [-0.4, -0.2) is 23.3 Å². The Balaban J connectivity index is 2.20. The summed E-state index contributed by atoms with van der Waals surface area (Å²) in [5, 5.41) is 0. The van der Waals surface area contributed by atoms with E-state index in [-0.39, 0.29) is 5.78 Å². The number of rotatable bonds is 4. The van der Waals surface area contributed by atoms with E-state index in [4.69, 9.17) is 4.74 Å². The number of ketones is 1. The highest BCUT2D eigenvalue weighted by molar-refractivity contribution is 6.08. The van der Waals surface area contributed by atoms with E-state index < -0.39 is 5.97 Å². The lowest BCUT2D eigenvalue weighted by atomic mass is 10.1. The molecule has 0 spiro atoms. The summed E-state index contributed by atoms with van der Waals surface area (Å²) in [7, 11) is 0. The fourth-order valence-electron chi connectivity index (χ4n) is 1.60. The van der Waals surface area contributed by atoms with Crippen molar-refractivity contribution < 1.29 is 14.3 Å². The minimum atomic E-state index is -0.430. The smallest absolute Gasteiger partial charge is 0.339 e. The van der Waals surface area contributed by atoms with Gasteiger partial charge >= 0.3 is 5.97 Å². The lowest BCUT2D eigenvalue weighted by Crippen LogP contribution is -2.03. The molecule has 0 atom stereocenters. The van der Waals surface area contributed by atoms with Gasteiger partial charge in [-0.25, -0.2) is 4.79 Å². The number of hydrogen-bond donors (Lipinski definition) is 1. The molecule has 92 valence electrons. The Hall–Kier alpha value is -2.36. The molecule has 0 saturated heterocycles. The highest BCUT2D eigenvalue weighted by Gasteiger charge is 2.14. The molecule has 0 unspecified atom stereocenters. The first-order valence-electron chi connectivity index (χ1n) is 5.67. The quantitative estimate of drug-likeness (QED) is 0.662. The second-order valence-electron chi connectivity index (χ2n) is 3.72. The van der Waals surface area contributed by atoms with Crippen molar-refractivity contribution in [1.82, 2.24) is 4.98 Å². The first kappa shape index (κ1) is 12.1. The van der Waals surface area contributed by atoms with Gasteiger partial charge in [0.15, 0.2) is 0 Å². The van der Waals surface area contributed by atoms with Gasteiger partial charge in [0, 0.05) is 11.8 Å². The van der Waals surface area contributed by atoms with E-state index in [1.54, 1.807) is 31.2 Å². The fourth-order valence-corrected chi connectivity index (χ4v) is 1.60. The number of hydrogen-bond acceptors (Lipinski definition) is 3. The number of nitrogens with one attached hydrogen (secondary N) is 1. The predicted octanol–water partition coefficient (Wildman–Crippen LogP) is 2.42. The first-order valence-corrected chi connectivity index (χ1v) is 5.67. The molecule has 0 fully saturated rings. The van der Waals surface area contributed by atoms with E-state index in [0.717, 1.165) is 0 Å². The van der Waals surface area contributed by atoms with Crippen LogP contribution in [0, 0.1) is 0 Å². The minimum absolute atomic E-state index is 0.147. The number of carbonyl (C=O) groups is 2. The number of aromatic amines is 1. The molecule has 0 bridgehead atoms. The molecule has 4 nitrogen and oxygen atoms in total. The Labute approximate surface area is 105 Å². The Bertz CT molecular complexity index is 557. The van der Waals surface area contributed by atoms with Crippen molar-refractivity contribution in [3.05, 3.63) is 59.4 Å². The molecule has 2 aromatic rings. The van der Waals surface area contributed by atoms with Gasteiger partial charge in [0.1, 0.15) is 0 Å². The zero-order valence-corrected chi connectivity index (χ0v) is 9.97. The Morgan fingerprint density at radius 1 is 1.17 bits per heavy atom. The molecule has 0 amide bonds. The molecule has 2 rings (SSSR count). The van der Waals surface area contributed by atoms with E-state index in [1.165, 1.54) is 12.3 Å². The molecule has 0 aliphatic rings. The molecular formula is C14H13NO3. The molecule has 0 radical (unpaired) electrons. The van der Waals surface area contributed by atoms with Gasteiger partial charge < -0.3 is 9.72 Å². The molecule has 1 aromatic carbocycles. The van der Waals surface area contributed by atoms with E-state index in [2.05, 4.69) is 4.98 Å². The molecule has 1 heterocycles. The van der Waals surface area contributed by atoms with Gasteiger partial charge in [0.05, 0.1) is 17.9 Å². The Morgan fingerprint density at radius 2 is 1.89 bits per heavy atom. The molecule has 0 aliphatic carbocycles. The summed E-state index contributed by atoms with van der Waals surface area (Å²) in [6.45, 7) is 2.05. The Morgan fingerprint density at radius 3 is 2.56 bits per heavy atom. The number of esters is 1. The first-order chi connectivity index (χ1) is 8.72. The topological polar surface area (TPSA) is 59.2 Å². The minimum Gasteiger partial charge on any atom is -0.462 e. The largest absolute Gasteiger partial charge is 0.462 e. The third-order valence-electron chi connectivity index (χ3n) is 2.47. The van der Waals surface area contributed by atoms with Crippen LogP contribution in [0.2, 0.25) is 0 Å². The third-order valence-corrected chi connectivity index (χ3v) is 2.47. The predicted molar refractivity (Wildman–Crippen MR) is 66.6 cm³/mol. The monoisotopic (exact) mass is 243 g/mol. The van der Waals surface area contributed by atoms with E-state index >= 15 is 0 Å².